The fourth-order valence-corrected chi connectivity index (χ4v) is 3.16. The van der Waals surface area contributed by atoms with E-state index in [9.17, 15) is 5.26 Å². The molecule has 3 heteroatoms. The van der Waals surface area contributed by atoms with E-state index < -0.39 is 0 Å². The first-order valence-corrected chi connectivity index (χ1v) is 7.13. The second-order valence-electron chi connectivity index (χ2n) is 6.34. The number of pyridine rings is 1. The summed E-state index contributed by atoms with van der Waals surface area (Å²) in [6, 6.07) is 10.4. The number of benzene rings is 1. The minimum Gasteiger partial charge on any atom is -0.369 e. The molecule has 0 aliphatic carbocycles. The number of rotatable bonds is 1. The lowest BCUT2D eigenvalue weighted by Gasteiger charge is -2.40. The maximum Gasteiger partial charge on any atom is 0.103 e. The summed E-state index contributed by atoms with van der Waals surface area (Å²) < 4.78 is 0. The second-order valence-corrected chi connectivity index (χ2v) is 6.34. The van der Waals surface area contributed by atoms with Gasteiger partial charge in [-0.15, -0.1) is 0 Å². The maximum absolute atomic E-state index is 9.42. The van der Waals surface area contributed by atoms with Crippen LogP contribution in [0.1, 0.15) is 32.3 Å². The lowest BCUT2D eigenvalue weighted by molar-refractivity contribution is 0.293. The van der Waals surface area contributed by atoms with Crippen LogP contribution in [0.3, 0.4) is 0 Å². The van der Waals surface area contributed by atoms with E-state index in [2.05, 4.69) is 35.9 Å². The first-order chi connectivity index (χ1) is 9.61. The molecule has 1 aromatic heterocycles. The van der Waals surface area contributed by atoms with Gasteiger partial charge in [0.2, 0.25) is 0 Å². The van der Waals surface area contributed by atoms with Crippen molar-refractivity contribution in [3.63, 3.8) is 0 Å². The van der Waals surface area contributed by atoms with Crippen LogP contribution in [0, 0.1) is 16.7 Å². The number of hydrogen-bond donors (Lipinski definition) is 0. The van der Waals surface area contributed by atoms with Crippen molar-refractivity contribution in [2.24, 2.45) is 5.41 Å². The Balaban J connectivity index is 2.16. The van der Waals surface area contributed by atoms with Gasteiger partial charge in [-0.3, -0.25) is 4.98 Å². The van der Waals surface area contributed by atoms with Gasteiger partial charge in [-0.25, -0.2) is 0 Å². The van der Waals surface area contributed by atoms with Gasteiger partial charge in [0.25, 0.3) is 0 Å². The molecule has 0 atom stereocenters. The monoisotopic (exact) mass is 265 g/mol. The van der Waals surface area contributed by atoms with Crippen LogP contribution >= 0.6 is 0 Å². The Bertz CT molecular complexity index is 682. The molecular formula is C17H19N3. The highest BCUT2D eigenvalue weighted by atomic mass is 15.1. The van der Waals surface area contributed by atoms with Crippen molar-refractivity contribution in [2.45, 2.75) is 26.7 Å². The van der Waals surface area contributed by atoms with Gasteiger partial charge in [0.05, 0.1) is 16.8 Å². The Hall–Kier alpha value is -2.08. The largest absolute Gasteiger partial charge is 0.369 e. The van der Waals surface area contributed by atoms with E-state index in [-0.39, 0.29) is 0 Å². The molecule has 0 amide bonds. The zero-order chi connectivity index (χ0) is 14.2. The Morgan fingerprint density at radius 1 is 1.30 bits per heavy atom. The molecule has 1 saturated heterocycles. The SMILES string of the molecule is CC1(C)CCCN(c2c(C#N)cnc3ccccc23)C1. The van der Waals surface area contributed by atoms with E-state index in [0.29, 0.717) is 11.0 Å². The van der Waals surface area contributed by atoms with Crippen molar-refractivity contribution in [3.05, 3.63) is 36.0 Å². The topological polar surface area (TPSA) is 39.9 Å². The van der Waals surface area contributed by atoms with Crippen LogP contribution < -0.4 is 4.90 Å². The van der Waals surface area contributed by atoms with Crippen LogP contribution in [0.25, 0.3) is 10.9 Å². The molecule has 1 aromatic carbocycles. The van der Waals surface area contributed by atoms with E-state index in [4.69, 9.17) is 0 Å². The van der Waals surface area contributed by atoms with Gasteiger partial charge in [0, 0.05) is 24.7 Å². The van der Waals surface area contributed by atoms with Crippen LogP contribution in [0.5, 0.6) is 0 Å². The third kappa shape index (κ3) is 2.22. The number of nitrogens with zero attached hydrogens (tertiary/aromatic N) is 3. The molecule has 20 heavy (non-hydrogen) atoms. The highest BCUT2D eigenvalue weighted by Crippen LogP contribution is 2.36. The molecule has 1 aliphatic rings. The Morgan fingerprint density at radius 3 is 2.85 bits per heavy atom. The predicted octanol–water partition coefficient (Wildman–Crippen LogP) is 3.73. The summed E-state index contributed by atoms with van der Waals surface area (Å²) in [6.45, 7) is 6.62. The number of piperidine rings is 1. The predicted molar refractivity (Wildman–Crippen MR) is 81.7 cm³/mol. The van der Waals surface area contributed by atoms with Gasteiger partial charge in [-0.2, -0.15) is 5.26 Å². The summed E-state index contributed by atoms with van der Waals surface area (Å²) in [5.74, 6) is 0. The van der Waals surface area contributed by atoms with E-state index >= 15 is 0 Å². The Labute approximate surface area is 119 Å². The van der Waals surface area contributed by atoms with Crippen molar-refractivity contribution in [1.82, 2.24) is 4.98 Å². The molecular weight excluding hydrogens is 246 g/mol. The minimum absolute atomic E-state index is 0.301. The smallest absolute Gasteiger partial charge is 0.103 e. The van der Waals surface area contributed by atoms with E-state index in [1.54, 1.807) is 6.20 Å². The van der Waals surface area contributed by atoms with Gasteiger partial charge in [-0.05, 0) is 24.3 Å². The first kappa shape index (κ1) is 12.9. The van der Waals surface area contributed by atoms with Gasteiger partial charge in [-0.1, -0.05) is 32.0 Å². The molecule has 1 aliphatic heterocycles. The third-order valence-electron chi connectivity index (χ3n) is 4.08. The molecule has 0 radical (unpaired) electrons. The molecule has 3 rings (SSSR count). The van der Waals surface area contributed by atoms with Gasteiger partial charge < -0.3 is 4.90 Å². The van der Waals surface area contributed by atoms with E-state index in [1.165, 1.54) is 12.8 Å². The van der Waals surface area contributed by atoms with E-state index in [0.717, 1.165) is 29.7 Å². The quantitative estimate of drug-likeness (QED) is 0.788. The average Bonchev–Trinajstić information content (AvgIpc) is 2.45. The van der Waals surface area contributed by atoms with Crippen LogP contribution in [-0.4, -0.2) is 18.1 Å². The summed E-state index contributed by atoms with van der Waals surface area (Å²) in [5.41, 5.74) is 3.01. The maximum atomic E-state index is 9.42. The molecule has 0 N–H and O–H groups in total. The van der Waals surface area contributed by atoms with Crippen molar-refractivity contribution in [2.75, 3.05) is 18.0 Å². The third-order valence-corrected chi connectivity index (χ3v) is 4.08. The number of fused-ring (bicyclic) bond motifs is 1. The number of anilines is 1. The summed E-state index contributed by atoms with van der Waals surface area (Å²) >= 11 is 0. The molecule has 0 unspecified atom stereocenters. The number of hydrogen-bond acceptors (Lipinski definition) is 3. The fraction of sp³-hybridized carbons (Fsp3) is 0.412. The summed E-state index contributed by atoms with van der Waals surface area (Å²) in [5, 5.41) is 10.5. The summed E-state index contributed by atoms with van der Waals surface area (Å²) in [6.07, 6.45) is 4.13. The van der Waals surface area contributed by atoms with E-state index in [1.807, 2.05) is 18.2 Å². The first-order valence-electron chi connectivity index (χ1n) is 7.13. The lowest BCUT2D eigenvalue weighted by Crippen LogP contribution is -2.40. The minimum atomic E-state index is 0.301. The van der Waals surface area contributed by atoms with Crippen molar-refractivity contribution >= 4 is 16.6 Å². The highest BCUT2D eigenvalue weighted by Gasteiger charge is 2.28. The number of para-hydroxylation sites is 1. The Kier molecular flexibility index (Phi) is 3.10. The molecule has 3 nitrogen and oxygen atoms in total. The van der Waals surface area contributed by atoms with Crippen molar-refractivity contribution < 1.29 is 0 Å². The molecule has 2 heterocycles. The molecule has 0 spiro atoms. The molecule has 2 aromatic rings. The molecule has 102 valence electrons. The van der Waals surface area contributed by atoms with Crippen molar-refractivity contribution in [3.8, 4) is 6.07 Å². The van der Waals surface area contributed by atoms with Crippen LogP contribution in [0.4, 0.5) is 5.69 Å². The average molecular weight is 265 g/mol. The standard InChI is InChI=1S/C17H19N3/c1-17(2)8-5-9-20(12-17)16-13(10-18)11-19-15-7-4-3-6-14(15)16/h3-4,6-7,11H,5,8-9,12H2,1-2H3. The van der Waals surface area contributed by atoms with Gasteiger partial charge in [0.15, 0.2) is 0 Å². The zero-order valence-electron chi connectivity index (χ0n) is 12.1. The fourth-order valence-electron chi connectivity index (χ4n) is 3.16. The van der Waals surface area contributed by atoms with Gasteiger partial charge in [0.1, 0.15) is 6.07 Å². The normalized spacial score (nSPS) is 17.9. The lowest BCUT2D eigenvalue weighted by atomic mass is 9.83. The molecule has 0 saturated carbocycles. The number of nitriles is 1. The molecule has 0 bridgehead atoms. The van der Waals surface area contributed by atoms with Gasteiger partial charge >= 0.3 is 0 Å². The Morgan fingerprint density at radius 2 is 2.10 bits per heavy atom. The zero-order valence-corrected chi connectivity index (χ0v) is 12.1. The summed E-state index contributed by atoms with van der Waals surface area (Å²) in [4.78, 5) is 6.76. The highest BCUT2D eigenvalue weighted by molar-refractivity contribution is 5.94. The second kappa shape index (κ2) is 4.79. The number of aromatic nitrogens is 1. The summed E-state index contributed by atoms with van der Waals surface area (Å²) in [7, 11) is 0. The van der Waals surface area contributed by atoms with Crippen LogP contribution in [0.15, 0.2) is 30.5 Å². The van der Waals surface area contributed by atoms with Crippen LogP contribution in [-0.2, 0) is 0 Å². The van der Waals surface area contributed by atoms with Crippen LogP contribution in [0.2, 0.25) is 0 Å². The molecule has 1 fully saturated rings. The van der Waals surface area contributed by atoms with Crippen molar-refractivity contribution in [1.29, 1.82) is 5.26 Å².